The molecule has 0 aromatic heterocycles. The Kier molecular flexibility index (Phi) is 5.50. The van der Waals surface area contributed by atoms with Crippen molar-refractivity contribution in [2.45, 2.75) is 26.0 Å². The van der Waals surface area contributed by atoms with Crippen LogP contribution in [-0.4, -0.2) is 32.8 Å². The van der Waals surface area contributed by atoms with Crippen LogP contribution in [-0.2, 0) is 15.6 Å². The van der Waals surface area contributed by atoms with E-state index in [1.807, 2.05) is 32.0 Å². The first-order valence-electron chi connectivity index (χ1n) is 5.82. The van der Waals surface area contributed by atoms with Crippen LogP contribution in [0.4, 0.5) is 5.69 Å². The van der Waals surface area contributed by atoms with E-state index in [1.165, 1.54) is 0 Å². The van der Waals surface area contributed by atoms with Crippen LogP contribution in [0.5, 0.6) is 0 Å². The van der Waals surface area contributed by atoms with Gasteiger partial charge in [0.25, 0.3) is 0 Å². The highest BCUT2D eigenvalue weighted by molar-refractivity contribution is 7.86. The molecular formula is C13H19NO3S. The van der Waals surface area contributed by atoms with E-state index < -0.39 is 16.0 Å². The first-order chi connectivity index (χ1) is 8.45. The maximum atomic E-state index is 11.8. The summed E-state index contributed by atoms with van der Waals surface area (Å²) in [7, 11) is -1.34. The Bertz CT molecular complexity index is 460. The van der Waals surface area contributed by atoms with Gasteiger partial charge >= 0.3 is 0 Å². The third-order valence-electron chi connectivity index (χ3n) is 2.83. The lowest BCUT2D eigenvalue weighted by molar-refractivity contribution is -0.115. The predicted molar refractivity (Wildman–Crippen MR) is 74.1 cm³/mol. The summed E-state index contributed by atoms with van der Waals surface area (Å²) in [6.07, 6.45) is 0. The molecule has 0 heterocycles. The van der Waals surface area contributed by atoms with Crippen LogP contribution in [0.2, 0.25) is 0 Å². The summed E-state index contributed by atoms with van der Waals surface area (Å²) in [6, 6.07) is 5.64. The molecule has 2 unspecified atom stereocenters. The molecule has 5 heteroatoms. The van der Waals surface area contributed by atoms with Gasteiger partial charge in [0.2, 0.25) is 5.91 Å². The average Bonchev–Trinajstić information content (AvgIpc) is 2.33. The minimum absolute atomic E-state index is 0.127. The smallest absolute Gasteiger partial charge is 0.239 e. The molecule has 0 aliphatic rings. The zero-order valence-electron chi connectivity index (χ0n) is 10.9. The quantitative estimate of drug-likeness (QED) is 0.848. The van der Waals surface area contributed by atoms with Gasteiger partial charge in [-0.25, -0.2) is 0 Å². The molecule has 1 rings (SSSR count). The number of carbonyl (C=O) groups is 1. The molecule has 0 radical (unpaired) electrons. The predicted octanol–water partition coefficient (Wildman–Crippen LogP) is 1.37. The number of amides is 1. The number of carbonyl (C=O) groups excluding carboxylic acids is 1. The second-order valence-electron chi connectivity index (χ2n) is 4.24. The highest BCUT2D eigenvalue weighted by Gasteiger charge is 2.19. The molecule has 0 aliphatic heterocycles. The van der Waals surface area contributed by atoms with Gasteiger partial charge in [0.1, 0.15) is 5.25 Å². The maximum absolute atomic E-state index is 11.8. The molecular weight excluding hydrogens is 250 g/mol. The van der Waals surface area contributed by atoms with Crippen molar-refractivity contribution in [1.29, 1.82) is 0 Å². The number of rotatable bonds is 5. The van der Waals surface area contributed by atoms with Crippen molar-refractivity contribution in [1.82, 2.24) is 0 Å². The Morgan fingerprint density at radius 1 is 1.39 bits per heavy atom. The largest absolute Gasteiger partial charge is 0.395 e. The molecule has 0 fully saturated rings. The van der Waals surface area contributed by atoms with E-state index in [9.17, 15) is 9.00 Å². The lowest BCUT2D eigenvalue weighted by Gasteiger charge is -2.12. The average molecular weight is 269 g/mol. The number of benzene rings is 1. The topological polar surface area (TPSA) is 66.4 Å². The van der Waals surface area contributed by atoms with Gasteiger partial charge in [0, 0.05) is 22.2 Å². The van der Waals surface area contributed by atoms with E-state index in [1.54, 1.807) is 6.92 Å². The Balaban J connectivity index is 2.69. The number of aliphatic hydroxyl groups is 1. The van der Waals surface area contributed by atoms with Gasteiger partial charge in [0.15, 0.2) is 0 Å². The molecule has 18 heavy (non-hydrogen) atoms. The lowest BCUT2D eigenvalue weighted by Crippen LogP contribution is -2.31. The number of hydrogen-bond acceptors (Lipinski definition) is 3. The second kappa shape index (κ2) is 6.66. The standard InChI is InChI=1S/C13H19NO3S/c1-9-4-5-12(8-10(9)2)14-13(16)11(3)18(17)7-6-15/h4-5,8,11,15H,6-7H2,1-3H3,(H,14,16). The normalized spacial score (nSPS) is 14.0. The highest BCUT2D eigenvalue weighted by Crippen LogP contribution is 2.14. The first-order valence-corrected chi connectivity index (χ1v) is 7.20. The molecule has 0 saturated heterocycles. The Hall–Kier alpha value is -1.20. The fraction of sp³-hybridized carbons (Fsp3) is 0.462. The van der Waals surface area contributed by atoms with Crippen LogP contribution in [0.1, 0.15) is 18.1 Å². The van der Waals surface area contributed by atoms with Crippen LogP contribution in [0.15, 0.2) is 18.2 Å². The zero-order chi connectivity index (χ0) is 13.7. The van der Waals surface area contributed by atoms with Crippen molar-refractivity contribution in [3.8, 4) is 0 Å². The molecule has 0 aliphatic carbocycles. The zero-order valence-corrected chi connectivity index (χ0v) is 11.7. The van der Waals surface area contributed by atoms with Crippen molar-refractivity contribution >= 4 is 22.4 Å². The third-order valence-corrected chi connectivity index (χ3v) is 4.42. The third kappa shape index (κ3) is 3.92. The number of aryl methyl sites for hydroxylation is 2. The van der Waals surface area contributed by atoms with Crippen molar-refractivity contribution in [2.75, 3.05) is 17.7 Å². The summed E-state index contributed by atoms with van der Waals surface area (Å²) in [5.41, 5.74) is 2.96. The van der Waals surface area contributed by atoms with Crippen LogP contribution in [0.3, 0.4) is 0 Å². The van der Waals surface area contributed by atoms with Gasteiger partial charge in [0.05, 0.1) is 6.61 Å². The molecule has 1 amide bonds. The molecule has 100 valence electrons. The fourth-order valence-electron chi connectivity index (χ4n) is 1.45. The van der Waals surface area contributed by atoms with E-state index in [0.29, 0.717) is 5.69 Å². The first kappa shape index (κ1) is 14.9. The van der Waals surface area contributed by atoms with Crippen LogP contribution in [0, 0.1) is 13.8 Å². The number of aliphatic hydroxyl groups excluding tert-OH is 1. The minimum atomic E-state index is -1.34. The SMILES string of the molecule is Cc1ccc(NC(=O)C(C)S(=O)CCO)cc1C. The van der Waals surface area contributed by atoms with Gasteiger partial charge < -0.3 is 10.4 Å². The van der Waals surface area contributed by atoms with Crippen molar-refractivity contribution < 1.29 is 14.1 Å². The lowest BCUT2D eigenvalue weighted by atomic mass is 10.1. The van der Waals surface area contributed by atoms with E-state index in [2.05, 4.69) is 5.32 Å². The Morgan fingerprint density at radius 3 is 2.61 bits per heavy atom. The monoisotopic (exact) mass is 269 g/mol. The molecule has 0 saturated carbocycles. The number of anilines is 1. The Morgan fingerprint density at radius 2 is 2.06 bits per heavy atom. The molecule has 1 aromatic rings. The van der Waals surface area contributed by atoms with Crippen LogP contribution < -0.4 is 5.32 Å². The maximum Gasteiger partial charge on any atom is 0.239 e. The Labute approximate surface area is 110 Å². The second-order valence-corrected chi connectivity index (χ2v) is 6.12. The molecule has 2 atom stereocenters. The van der Waals surface area contributed by atoms with E-state index in [4.69, 9.17) is 5.11 Å². The van der Waals surface area contributed by atoms with Gasteiger partial charge in [-0.05, 0) is 44.0 Å². The summed E-state index contributed by atoms with van der Waals surface area (Å²) >= 11 is 0. The highest BCUT2D eigenvalue weighted by atomic mass is 32.2. The van der Waals surface area contributed by atoms with Crippen LogP contribution in [0.25, 0.3) is 0 Å². The van der Waals surface area contributed by atoms with Crippen molar-refractivity contribution in [2.24, 2.45) is 0 Å². The fourth-order valence-corrected chi connectivity index (χ4v) is 2.28. The summed E-state index contributed by atoms with van der Waals surface area (Å²) in [4.78, 5) is 11.8. The molecule has 4 nitrogen and oxygen atoms in total. The minimum Gasteiger partial charge on any atom is -0.395 e. The van der Waals surface area contributed by atoms with Gasteiger partial charge in [-0.15, -0.1) is 0 Å². The van der Waals surface area contributed by atoms with Crippen molar-refractivity contribution in [3.05, 3.63) is 29.3 Å². The molecule has 0 bridgehead atoms. The summed E-state index contributed by atoms with van der Waals surface area (Å²) in [5, 5.41) is 10.8. The van der Waals surface area contributed by atoms with E-state index in [-0.39, 0.29) is 18.3 Å². The van der Waals surface area contributed by atoms with E-state index in [0.717, 1.165) is 11.1 Å². The summed E-state index contributed by atoms with van der Waals surface area (Å²) in [6.45, 7) is 5.40. The van der Waals surface area contributed by atoms with Gasteiger partial charge in [-0.2, -0.15) is 0 Å². The van der Waals surface area contributed by atoms with Gasteiger partial charge in [-0.3, -0.25) is 9.00 Å². The molecule has 2 N–H and O–H groups in total. The molecule has 0 spiro atoms. The molecule has 1 aromatic carbocycles. The van der Waals surface area contributed by atoms with Gasteiger partial charge in [-0.1, -0.05) is 6.07 Å². The van der Waals surface area contributed by atoms with E-state index >= 15 is 0 Å². The van der Waals surface area contributed by atoms with Crippen LogP contribution >= 0.6 is 0 Å². The number of hydrogen-bond donors (Lipinski definition) is 2. The summed E-state index contributed by atoms with van der Waals surface area (Å²) in [5.74, 6) is -0.161. The van der Waals surface area contributed by atoms with Crippen molar-refractivity contribution in [3.63, 3.8) is 0 Å². The summed E-state index contributed by atoms with van der Waals surface area (Å²) < 4.78 is 11.6. The number of nitrogens with one attached hydrogen (secondary N) is 1.